The number of benzene rings is 3. The van der Waals surface area contributed by atoms with Crippen molar-refractivity contribution in [3.8, 4) is 22.6 Å². The number of furan rings is 2. The van der Waals surface area contributed by atoms with E-state index in [2.05, 4.69) is 96.1 Å². The van der Waals surface area contributed by atoms with Crippen molar-refractivity contribution < 1.29 is 8.83 Å². The maximum Gasteiger partial charge on any atom is 0.142 e. The largest absolute Gasteiger partial charge is 0.464 e. The highest BCUT2D eigenvalue weighted by atomic mass is 16.3. The second-order valence-corrected chi connectivity index (χ2v) is 11.7. The van der Waals surface area contributed by atoms with Gasteiger partial charge in [0.15, 0.2) is 0 Å². The third-order valence-electron chi connectivity index (χ3n) is 7.31. The number of rotatable bonds is 4. The summed E-state index contributed by atoms with van der Waals surface area (Å²) in [6.07, 6.45) is 4.71. The highest BCUT2D eigenvalue weighted by Gasteiger charge is 2.23. The number of aryl methyl sites for hydroxylation is 1. The third kappa shape index (κ3) is 4.03. The molecule has 0 aliphatic carbocycles. The van der Waals surface area contributed by atoms with Gasteiger partial charge in [0.25, 0.3) is 0 Å². The standard InChI is InChI=1S/C34H33NO2/c1-20(2)15-22-11-12-26-27(19-36-30(26)16-22)33-21(3)31-29(37-33)13-14-35-32(31)24-17-23-9-7-8-10-25(23)28(18-24)34(4,5)6/h7-14,16-20H,15H2,1-6H3. The van der Waals surface area contributed by atoms with Crippen LogP contribution in [0, 0.1) is 12.8 Å². The lowest BCUT2D eigenvalue weighted by Crippen LogP contribution is -2.12. The molecule has 0 fully saturated rings. The minimum Gasteiger partial charge on any atom is -0.464 e. The molecule has 0 bridgehead atoms. The van der Waals surface area contributed by atoms with Crippen LogP contribution in [0.2, 0.25) is 0 Å². The lowest BCUT2D eigenvalue weighted by atomic mass is 9.82. The second kappa shape index (κ2) is 8.62. The van der Waals surface area contributed by atoms with Crippen LogP contribution in [0.25, 0.3) is 55.3 Å². The van der Waals surface area contributed by atoms with Crippen LogP contribution < -0.4 is 0 Å². The molecule has 6 rings (SSSR count). The molecule has 3 aromatic carbocycles. The normalized spacial score (nSPS) is 12.4. The average Bonchev–Trinajstić information content (AvgIpc) is 3.42. The highest BCUT2D eigenvalue weighted by Crippen LogP contribution is 2.42. The Morgan fingerprint density at radius 3 is 2.49 bits per heavy atom. The number of hydrogen-bond donors (Lipinski definition) is 0. The zero-order valence-corrected chi connectivity index (χ0v) is 22.5. The Bertz CT molecular complexity index is 1780. The quantitative estimate of drug-likeness (QED) is 0.248. The van der Waals surface area contributed by atoms with Crippen molar-refractivity contribution in [2.75, 3.05) is 0 Å². The van der Waals surface area contributed by atoms with E-state index < -0.39 is 0 Å². The fraction of sp³-hybridized carbons (Fsp3) is 0.265. The van der Waals surface area contributed by atoms with E-state index in [1.165, 1.54) is 21.9 Å². The van der Waals surface area contributed by atoms with Crippen LogP contribution in [0.5, 0.6) is 0 Å². The summed E-state index contributed by atoms with van der Waals surface area (Å²) >= 11 is 0. The monoisotopic (exact) mass is 487 g/mol. The van der Waals surface area contributed by atoms with Gasteiger partial charge in [0, 0.05) is 22.7 Å². The first kappa shape index (κ1) is 23.5. The summed E-state index contributed by atoms with van der Waals surface area (Å²) in [7, 11) is 0. The van der Waals surface area contributed by atoms with Crippen molar-refractivity contribution in [2.24, 2.45) is 5.92 Å². The summed E-state index contributed by atoms with van der Waals surface area (Å²) in [5.41, 5.74) is 8.49. The number of hydrogen-bond acceptors (Lipinski definition) is 3. The van der Waals surface area contributed by atoms with Gasteiger partial charge in [0.2, 0.25) is 0 Å². The predicted octanol–water partition coefficient (Wildman–Crippen LogP) is 9.87. The zero-order valence-electron chi connectivity index (χ0n) is 22.5. The van der Waals surface area contributed by atoms with Crippen molar-refractivity contribution in [1.29, 1.82) is 0 Å². The molecule has 0 aliphatic heterocycles. The molecule has 3 nitrogen and oxygen atoms in total. The summed E-state index contributed by atoms with van der Waals surface area (Å²) in [6, 6.07) is 21.7. The van der Waals surface area contributed by atoms with Crippen molar-refractivity contribution >= 4 is 32.7 Å². The average molecular weight is 488 g/mol. The van der Waals surface area contributed by atoms with Crippen LogP contribution in [0.4, 0.5) is 0 Å². The Labute approximate surface area is 218 Å². The molecule has 0 radical (unpaired) electrons. The van der Waals surface area contributed by atoms with Crippen LogP contribution in [-0.4, -0.2) is 4.98 Å². The van der Waals surface area contributed by atoms with Gasteiger partial charge in [-0.05, 0) is 70.8 Å². The zero-order chi connectivity index (χ0) is 25.9. The van der Waals surface area contributed by atoms with E-state index in [9.17, 15) is 0 Å². The van der Waals surface area contributed by atoms with Crippen LogP contribution in [-0.2, 0) is 11.8 Å². The molecule has 37 heavy (non-hydrogen) atoms. The molecule has 0 spiro atoms. The van der Waals surface area contributed by atoms with Crippen LogP contribution in [0.1, 0.15) is 51.3 Å². The van der Waals surface area contributed by atoms with Crippen molar-refractivity contribution in [2.45, 2.75) is 53.4 Å². The predicted molar refractivity (Wildman–Crippen MR) is 154 cm³/mol. The molecule has 0 amide bonds. The molecule has 0 unspecified atom stereocenters. The maximum absolute atomic E-state index is 6.49. The second-order valence-electron chi connectivity index (χ2n) is 11.7. The Morgan fingerprint density at radius 1 is 0.892 bits per heavy atom. The summed E-state index contributed by atoms with van der Waals surface area (Å²) in [5, 5.41) is 4.64. The van der Waals surface area contributed by atoms with E-state index in [0.717, 1.165) is 56.5 Å². The lowest BCUT2D eigenvalue weighted by Gasteiger charge is -2.22. The molecular weight excluding hydrogens is 454 g/mol. The number of pyridine rings is 1. The Balaban J connectivity index is 1.54. The lowest BCUT2D eigenvalue weighted by molar-refractivity contribution is 0.596. The van der Waals surface area contributed by atoms with Crippen molar-refractivity contribution in [1.82, 2.24) is 4.98 Å². The number of fused-ring (bicyclic) bond motifs is 3. The minimum absolute atomic E-state index is 0.00421. The van der Waals surface area contributed by atoms with E-state index in [0.29, 0.717) is 5.92 Å². The fourth-order valence-corrected chi connectivity index (χ4v) is 5.58. The number of aromatic nitrogens is 1. The van der Waals surface area contributed by atoms with E-state index >= 15 is 0 Å². The van der Waals surface area contributed by atoms with E-state index in [4.69, 9.17) is 13.8 Å². The first-order valence-electron chi connectivity index (χ1n) is 13.1. The molecular formula is C34H33NO2. The van der Waals surface area contributed by atoms with Gasteiger partial charge in [-0.2, -0.15) is 0 Å². The van der Waals surface area contributed by atoms with Crippen molar-refractivity contribution in [3.05, 3.63) is 89.8 Å². The van der Waals surface area contributed by atoms with Gasteiger partial charge >= 0.3 is 0 Å². The van der Waals surface area contributed by atoms with Gasteiger partial charge < -0.3 is 8.83 Å². The van der Waals surface area contributed by atoms with Gasteiger partial charge in [0.1, 0.15) is 23.2 Å². The first-order chi connectivity index (χ1) is 17.7. The third-order valence-corrected chi connectivity index (χ3v) is 7.31. The van der Waals surface area contributed by atoms with Gasteiger partial charge in [-0.25, -0.2) is 0 Å². The molecule has 0 atom stereocenters. The van der Waals surface area contributed by atoms with Crippen LogP contribution in [0.3, 0.4) is 0 Å². The maximum atomic E-state index is 6.49. The fourth-order valence-electron chi connectivity index (χ4n) is 5.58. The molecule has 0 saturated heterocycles. The van der Waals surface area contributed by atoms with Crippen LogP contribution >= 0.6 is 0 Å². The van der Waals surface area contributed by atoms with Gasteiger partial charge in [-0.1, -0.05) is 71.0 Å². The SMILES string of the molecule is Cc1c(-c2coc3cc(CC(C)C)ccc23)oc2ccnc(-c3cc(C(C)(C)C)c4ccccc4c3)c12. The Kier molecular flexibility index (Phi) is 5.49. The smallest absolute Gasteiger partial charge is 0.142 e. The van der Waals surface area contributed by atoms with E-state index in [1.807, 2.05) is 18.5 Å². The summed E-state index contributed by atoms with van der Waals surface area (Å²) < 4.78 is 12.5. The highest BCUT2D eigenvalue weighted by molar-refractivity contribution is 6.03. The van der Waals surface area contributed by atoms with E-state index in [1.54, 1.807) is 0 Å². The molecule has 186 valence electrons. The van der Waals surface area contributed by atoms with Crippen LogP contribution in [0.15, 0.2) is 82.0 Å². The van der Waals surface area contributed by atoms with Gasteiger partial charge in [-0.15, -0.1) is 0 Å². The van der Waals surface area contributed by atoms with Crippen molar-refractivity contribution in [3.63, 3.8) is 0 Å². The van der Waals surface area contributed by atoms with E-state index in [-0.39, 0.29) is 5.41 Å². The topological polar surface area (TPSA) is 39.2 Å². The first-order valence-corrected chi connectivity index (χ1v) is 13.1. The molecule has 0 aliphatic rings. The summed E-state index contributed by atoms with van der Waals surface area (Å²) in [6.45, 7) is 13.4. The molecule has 3 heteroatoms. The summed E-state index contributed by atoms with van der Waals surface area (Å²) in [5.74, 6) is 1.45. The molecule has 6 aromatic rings. The Hall–Kier alpha value is -3.85. The van der Waals surface area contributed by atoms with Gasteiger partial charge in [0.05, 0.1) is 16.6 Å². The summed E-state index contributed by atoms with van der Waals surface area (Å²) in [4.78, 5) is 4.88. The Morgan fingerprint density at radius 2 is 1.70 bits per heavy atom. The molecule has 3 aromatic heterocycles. The number of nitrogens with zero attached hydrogens (tertiary/aromatic N) is 1. The van der Waals surface area contributed by atoms with Gasteiger partial charge in [-0.3, -0.25) is 4.98 Å². The molecule has 3 heterocycles. The molecule has 0 saturated carbocycles. The minimum atomic E-state index is 0.00421. The molecule has 0 N–H and O–H groups in total.